The highest BCUT2D eigenvalue weighted by Gasteiger charge is 2.25. The second kappa shape index (κ2) is 6.73. The van der Waals surface area contributed by atoms with Gasteiger partial charge in [0.25, 0.3) is 0 Å². The van der Waals surface area contributed by atoms with Crippen molar-refractivity contribution in [1.29, 1.82) is 0 Å². The smallest absolute Gasteiger partial charge is 0.119 e. The first kappa shape index (κ1) is 13.3. The van der Waals surface area contributed by atoms with E-state index in [1.54, 1.807) is 0 Å². The van der Waals surface area contributed by atoms with Gasteiger partial charge < -0.3 is 9.47 Å². The Labute approximate surface area is 108 Å². The molecule has 1 heterocycles. The van der Waals surface area contributed by atoms with E-state index >= 15 is 0 Å². The molecule has 2 rings (SSSR count). The maximum atomic E-state index is 5.80. The van der Waals surface area contributed by atoms with E-state index in [4.69, 9.17) is 15.3 Å². The summed E-state index contributed by atoms with van der Waals surface area (Å²) in [5.41, 5.74) is 4.00. The van der Waals surface area contributed by atoms with Crippen molar-refractivity contribution in [1.82, 2.24) is 5.43 Å². The summed E-state index contributed by atoms with van der Waals surface area (Å²) in [7, 11) is 0. The Bertz CT molecular complexity index is 365. The zero-order valence-corrected chi connectivity index (χ0v) is 10.9. The van der Waals surface area contributed by atoms with Crippen molar-refractivity contribution in [2.75, 3.05) is 13.2 Å². The number of nitrogens with two attached hydrogens (primary N) is 1. The molecule has 1 aromatic carbocycles. The van der Waals surface area contributed by atoms with Gasteiger partial charge in [-0.25, -0.2) is 0 Å². The average molecular weight is 250 g/mol. The van der Waals surface area contributed by atoms with Crippen LogP contribution in [0, 0.1) is 0 Å². The number of rotatable bonds is 5. The normalized spacial score (nSPS) is 21.6. The predicted octanol–water partition coefficient (Wildman–Crippen LogP) is 2.16. The Balaban J connectivity index is 2.12. The molecular weight excluding hydrogens is 228 g/mol. The Hall–Kier alpha value is -1.10. The molecule has 100 valence electrons. The summed E-state index contributed by atoms with van der Waals surface area (Å²) in [6, 6.07) is 8.08. The number of hydrazine groups is 1. The molecule has 18 heavy (non-hydrogen) atoms. The Morgan fingerprint density at radius 3 is 3.06 bits per heavy atom. The van der Waals surface area contributed by atoms with E-state index in [2.05, 4.69) is 11.5 Å². The van der Waals surface area contributed by atoms with Gasteiger partial charge >= 0.3 is 0 Å². The molecule has 1 aromatic rings. The third kappa shape index (κ3) is 3.22. The van der Waals surface area contributed by atoms with E-state index < -0.39 is 0 Å². The van der Waals surface area contributed by atoms with Crippen LogP contribution >= 0.6 is 0 Å². The fourth-order valence-corrected chi connectivity index (χ4v) is 2.41. The molecule has 2 unspecified atom stereocenters. The Kier molecular flexibility index (Phi) is 4.99. The van der Waals surface area contributed by atoms with E-state index in [0.717, 1.165) is 30.8 Å². The maximum absolute atomic E-state index is 5.80. The van der Waals surface area contributed by atoms with Gasteiger partial charge in [-0.2, -0.15) is 0 Å². The van der Waals surface area contributed by atoms with Crippen molar-refractivity contribution in [2.45, 2.75) is 38.3 Å². The van der Waals surface area contributed by atoms with Crippen molar-refractivity contribution in [3.8, 4) is 5.75 Å². The highest BCUT2D eigenvalue weighted by Crippen LogP contribution is 2.27. The van der Waals surface area contributed by atoms with Crippen molar-refractivity contribution in [3.63, 3.8) is 0 Å². The van der Waals surface area contributed by atoms with Crippen LogP contribution in [0.4, 0.5) is 0 Å². The molecule has 0 bridgehead atoms. The van der Waals surface area contributed by atoms with Crippen LogP contribution in [0.25, 0.3) is 0 Å². The lowest BCUT2D eigenvalue weighted by Gasteiger charge is -2.30. The molecule has 4 nitrogen and oxygen atoms in total. The van der Waals surface area contributed by atoms with Gasteiger partial charge in [-0.15, -0.1) is 0 Å². The Morgan fingerprint density at radius 2 is 2.39 bits per heavy atom. The molecular formula is C14H22N2O2. The second-order valence-electron chi connectivity index (χ2n) is 4.55. The summed E-state index contributed by atoms with van der Waals surface area (Å²) in [6.45, 7) is 3.48. The molecule has 3 N–H and O–H groups in total. The van der Waals surface area contributed by atoms with Gasteiger partial charge in [0.05, 0.1) is 18.8 Å². The SMILES string of the molecule is CCOc1cccc(C(NN)C2CCCCO2)c1. The van der Waals surface area contributed by atoms with Crippen molar-refractivity contribution in [3.05, 3.63) is 29.8 Å². The van der Waals surface area contributed by atoms with Gasteiger partial charge in [-0.05, 0) is 43.9 Å². The van der Waals surface area contributed by atoms with E-state index in [0.29, 0.717) is 6.61 Å². The molecule has 0 saturated carbocycles. The summed E-state index contributed by atoms with van der Waals surface area (Å²) >= 11 is 0. The van der Waals surface area contributed by atoms with Crippen LogP contribution in [0.2, 0.25) is 0 Å². The average Bonchev–Trinajstić information content (AvgIpc) is 2.42. The fraction of sp³-hybridized carbons (Fsp3) is 0.571. The quantitative estimate of drug-likeness (QED) is 0.621. The number of ether oxygens (including phenoxy) is 2. The van der Waals surface area contributed by atoms with Crippen LogP contribution in [0.15, 0.2) is 24.3 Å². The van der Waals surface area contributed by atoms with Crippen LogP contribution in [0.5, 0.6) is 5.75 Å². The zero-order valence-electron chi connectivity index (χ0n) is 10.9. The fourth-order valence-electron chi connectivity index (χ4n) is 2.41. The summed E-state index contributed by atoms with van der Waals surface area (Å²) in [5, 5.41) is 0. The first-order chi connectivity index (χ1) is 8.85. The van der Waals surface area contributed by atoms with Crippen LogP contribution in [0.1, 0.15) is 37.8 Å². The number of benzene rings is 1. The molecule has 1 aliphatic heterocycles. The zero-order chi connectivity index (χ0) is 12.8. The molecule has 1 saturated heterocycles. The minimum atomic E-state index is 0.0331. The van der Waals surface area contributed by atoms with Gasteiger partial charge in [-0.3, -0.25) is 11.3 Å². The second-order valence-corrected chi connectivity index (χ2v) is 4.55. The molecule has 0 amide bonds. The first-order valence-corrected chi connectivity index (χ1v) is 6.65. The minimum Gasteiger partial charge on any atom is -0.494 e. The third-order valence-corrected chi connectivity index (χ3v) is 3.29. The van der Waals surface area contributed by atoms with Gasteiger partial charge in [0.2, 0.25) is 0 Å². The van der Waals surface area contributed by atoms with Crippen LogP contribution < -0.4 is 16.0 Å². The summed E-state index contributed by atoms with van der Waals surface area (Å²) in [4.78, 5) is 0. The molecule has 0 aliphatic carbocycles. The summed E-state index contributed by atoms with van der Waals surface area (Å²) in [5.74, 6) is 6.57. The maximum Gasteiger partial charge on any atom is 0.119 e. The van der Waals surface area contributed by atoms with E-state index in [-0.39, 0.29) is 12.1 Å². The highest BCUT2D eigenvalue weighted by atomic mass is 16.5. The van der Waals surface area contributed by atoms with Gasteiger partial charge in [0.1, 0.15) is 5.75 Å². The van der Waals surface area contributed by atoms with Crippen molar-refractivity contribution < 1.29 is 9.47 Å². The lowest BCUT2D eigenvalue weighted by atomic mass is 9.96. The standard InChI is InChI=1S/C14H22N2O2/c1-2-17-12-7-5-6-11(10-12)14(16-15)13-8-3-4-9-18-13/h5-7,10,13-14,16H,2-4,8-9,15H2,1H3. The Morgan fingerprint density at radius 1 is 1.50 bits per heavy atom. The summed E-state index contributed by atoms with van der Waals surface area (Å²) < 4.78 is 11.3. The van der Waals surface area contributed by atoms with Gasteiger partial charge in [-0.1, -0.05) is 12.1 Å². The lowest BCUT2D eigenvalue weighted by molar-refractivity contribution is -0.00825. The van der Waals surface area contributed by atoms with Crippen LogP contribution in [-0.4, -0.2) is 19.3 Å². The predicted molar refractivity (Wildman–Crippen MR) is 71.3 cm³/mol. The van der Waals surface area contributed by atoms with Crippen molar-refractivity contribution >= 4 is 0 Å². The lowest BCUT2D eigenvalue weighted by Crippen LogP contribution is -2.39. The summed E-state index contributed by atoms with van der Waals surface area (Å²) in [6.07, 6.45) is 3.55. The topological polar surface area (TPSA) is 56.5 Å². The highest BCUT2D eigenvalue weighted by molar-refractivity contribution is 5.31. The number of nitrogens with one attached hydrogen (secondary N) is 1. The van der Waals surface area contributed by atoms with E-state index in [1.165, 1.54) is 6.42 Å². The van der Waals surface area contributed by atoms with Crippen molar-refractivity contribution in [2.24, 2.45) is 5.84 Å². The van der Waals surface area contributed by atoms with Gasteiger partial charge in [0, 0.05) is 6.61 Å². The largest absolute Gasteiger partial charge is 0.494 e. The monoisotopic (exact) mass is 250 g/mol. The number of hydrogen-bond donors (Lipinski definition) is 2. The molecule has 0 radical (unpaired) electrons. The molecule has 4 heteroatoms. The molecule has 0 aromatic heterocycles. The van der Waals surface area contributed by atoms with Gasteiger partial charge in [0.15, 0.2) is 0 Å². The van der Waals surface area contributed by atoms with E-state index in [1.807, 2.05) is 25.1 Å². The van der Waals surface area contributed by atoms with Crippen LogP contribution in [-0.2, 0) is 4.74 Å². The molecule has 2 atom stereocenters. The first-order valence-electron chi connectivity index (χ1n) is 6.65. The molecule has 1 aliphatic rings. The molecule has 0 spiro atoms. The van der Waals surface area contributed by atoms with E-state index in [9.17, 15) is 0 Å². The molecule has 1 fully saturated rings. The van der Waals surface area contributed by atoms with Crippen LogP contribution in [0.3, 0.4) is 0 Å². The minimum absolute atomic E-state index is 0.0331. The number of hydrogen-bond acceptors (Lipinski definition) is 4. The third-order valence-electron chi connectivity index (χ3n) is 3.29.